The van der Waals surface area contributed by atoms with Crippen LogP contribution in [0.5, 0.6) is 0 Å². The minimum absolute atomic E-state index is 0.184. The number of aliphatic hydroxyl groups is 1. The second kappa shape index (κ2) is 6.81. The number of carbonyl (C=O) groups is 2. The van der Waals surface area contributed by atoms with Crippen LogP contribution in [0, 0.1) is 0 Å². The normalized spacial score (nSPS) is 23.2. The molecule has 1 aromatic carbocycles. The molecule has 124 valence electrons. The van der Waals surface area contributed by atoms with Gasteiger partial charge < -0.3 is 5.11 Å². The highest BCUT2D eigenvalue weighted by Crippen LogP contribution is 2.23. The van der Waals surface area contributed by atoms with Crippen molar-refractivity contribution in [1.29, 1.82) is 0 Å². The van der Waals surface area contributed by atoms with Crippen molar-refractivity contribution >= 4 is 11.8 Å². The lowest BCUT2D eigenvalue weighted by molar-refractivity contribution is 0.0336. The second-order valence-electron chi connectivity index (χ2n) is 6.50. The van der Waals surface area contributed by atoms with Crippen LogP contribution >= 0.6 is 0 Å². The summed E-state index contributed by atoms with van der Waals surface area (Å²) in [6.45, 7) is 4.07. The number of hydrogen-bond donors (Lipinski definition) is 1. The van der Waals surface area contributed by atoms with Crippen molar-refractivity contribution in [3.05, 3.63) is 35.4 Å². The van der Waals surface area contributed by atoms with Crippen LogP contribution in [0.1, 0.15) is 53.3 Å². The molecule has 0 aliphatic carbocycles. The van der Waals surface area contributed by atoms with E-state index < -0.39 is 0 Å². The van der Waals surface area contributed by atoms with E-state index in [9.17, 15) is 14.7 Å². The quantitative estimate of drug-likeness (QED) is 0.843. The molecule has 1 N–H and O–H groups in total. The summed E-state index contributed by atoms with van der Waals surface area (Å²) >= 11 is 0. The molecule has 0 bridgehead atoms. The first-order valence-corrected chi connectivity index (χ1v) is 8.47. The van der Waals surface area contributed by atoms with Gasteiger partial charge in [-0.05, 0) is 44.9 Å². The summed E-state index contributed by atoms with van der Waals surface area (Å²) in [5, 5.41) is 9.90. The van der Waals surface area contributed by atoms with Crippen LogP contribution in [0.15, 0.2) is 24.3 Å². The van der Waals surface area contributed by atoms with Gasteiger partial charge in [-0.1, -0.05) is 18.6 Å². The van der Waals surface area contributed by atoms with Crippen molar-refractivity contribution in [2.75, 3.05) is 19.6 Å². The Balaban J connectivity index is 1.57. The van der Waals surface area contributed by atoms with Crippen molar-refractivity contribution in [3.63, 3.8) is 0 Å². The van der Waals surface area contributed by atoms with Gasteiger partial charge in [0.05, 0.1) is 17.2 Å². The number of likely N-dealkylation sites (tertiary alicyclic amines) is 1. The molecule has 1 saturated heterocycles. The van der Waals surface area contributed by atoms with Gasteiger partial charge in [0.1, 0.15) is 0 Å². The predicted octanol–water partition coefficient (Wildman–Crippen LogP) is 1.91. The Bertz CT molecular complexity index is 565. The summed E-state index contributed by atoms with van der Waals surface area (Å²) in [7, 11) is 0. The fraction of sp³-hybridized carbons (Fsp3) is 0.556. The number of rotatable bonds is 5. The van der Waals surface area contributed by atoms with E-state index in [1.54, 1.807) is 24.3 Å². The SMILES string of the molecule is CC(O)C1CCCCN1CCCN1C(=O)c2ccccc2C1=O. The van der Waals surface area contributed by atoms with E-state index in [1.807, 2.05) is 6.92 Å². The van der Waals surface area contributed by atoms with Crippen molar-refractivity contribution in [3.8, 4) is 0 Å². The molecule has 3 rings (SSSR count). The van der Waals surface area contributed by atoms with E-state index in [0.717, 1.165) is 38.8 Å². The maximum absolute atomic E-state index is 12.3. The lowest BCUT2D eigenvalue weighted by atomic mass is 9.98. The largest absolute Gasteiger partial charge is 0.392 e. The van der Waals surface area contributed by atoms with Crippen molar-refractivity contribution in [2.45, 2.75) is 44.8 Å². The molecule has 0 radical (unpaired) electrons. The van der Waals surface area contributed by atoms with Gasteiger partial charge in [-0.2, -0.15) is 0 Å². The molecule has 1 fully saturated rings. The number of nitrogens with zero attached hydrogens (tertiary/aromatic N) is 2. The molecule has 2 amide bonds. The zero-order chi connectivity index (χ0) is 16.4. The van der Waals surface area contributed by atoms with Crippen LogP contribution in [-0.2, 0) is 0 Å². The lowest BCUT2D eigenvalue weighted by Crippen LogP contribution is -2.46. The Morgan fingerprint density at radius 3 is 2.39 bits per heavy atom. The minimum atomic E-state index is -0.338. The fourth-order valence-electron chi connectivity index (χ4n) is 3.71. The fourth-order valence-corrected chi connectivity index (χ4v) is 3.71. The maximum Gasteiger partial charge on any atom is 0.261 e. The molecule has 2 aliphatic rings. The number of amides is 2. The number of imide groups is 1. The molecule has 2 heterocycles. The standard InChI is InChI=1S/C18H24N2O3/c1-13(21)16-9-4-5-10-19(16)11-6-12-20-17(22)14-7-2-3-8-15(14)18(20)23/h2-3,7-8,13,16,21H,4-6,9-12H2,1H3. The van der Waals surface area contributed by atoms with Crippen LogP contribution in [0.25, 0.3) is 0 Å². The third-order valence-electron chi connectivity index (χ3n) is 4.93. The molecule has 2 aliphatic heterocycles. The third kappa shape index (κ3) is 3.16. The summed E-state index contributed by atoms with van der Waals surface area (Å²) in [6, 6.07) is 7.20. The first-order valence-electron chi connectivity index (χ1n) is 8.47. The zero-order valence-electron chi connectivity index (χ0n) is 13.6. The van der Waals surface area contributed by atoms with Crippen LogP contribution in [-0.4, -0.2) is 58.5 Å². The lowest BCUT2D eigenvalue weighted by Gasteiger charge is -2.37. The van der Waals surface area contributed by atoms with Gasteiger partial charge in [0, 0.05) is 19.1 Å². The van der Waals surface area contributed by atoms with Crippen LogP contribution < -0.4 is 0 Å². The van der Waals surface area contributed by atoms with E-state index in [1.165, 1.54) is 4.90 Å². The molecule has 1 aromatic rings. The number of hydrogen-bond acceptors (Lipinski definition) is 4. The first-order chi connectivity index (χ1) is 11.1. The van der Waals surface area contributed by atoms with Crippen molar-refractivity contribution < 1.29 is 14.7 Å². The summed E-state index contributed by atoms with van der Waals surface area (Å²) < 4.78 is 0. The molecule has 2 atom stereocenters. The topological polar surface area (TPSA) is 60.9 Å². The number of benzene rings is 1. The van der Waals surface area contributed by atoms with E-state index in [4.69, 9.17) is 0 Å². The number of carbonyl (C=O) groups excluding carboxylic acids is 2. The Hall–Kier alpha value is -1.72. The molecule has 5 nitrogen and oxygen atoms in total. The van der Waals surface area contributed by atoms with E-state index in [-0.39, 0.29) is 24.0 Å². The summed E-state index contributed by atoms with van der Waals surface area (Å²) in [5.41, 5.74) is 1.02. The van der Waals surface area contributed by atoms with E-state index in [2.05, 4.69) is 4.90 Å². The van der Waals surface area contributed by atoms with Gasteiger partial charge in [0.2, 0.25) is 0 Å². The number of fused-ring (bicyclic) bond motifs is 1. The molecule has 0 saturated carbocycles. The van der Waals surface area contributed by atoms with E-state index >= 15 is 0 Å². The summed E-state index contributed by atoms with van der Waals surface area (Å²) in [6.07, 6.45) is 3.73. The average molecular weight is 316 g/mol. The molecular formula is C18H24N2O3. The third-order valence-corrected chi connectivity index (χ3v) is 4.93. The Labute approximate surface area is 136 Å². The highest BCUT2D eigenvalue weighted by Gasteiger charge is 2.35. The van der Waals surface area contributed by atoms with Crippen LogP contribution in [0.3, 0.4) is 0 Å². The highest BCUT2D eigenvalue weighted by molar-refractivity contribution is 6.21. The Morgan fingerprint density at radius 1 is 1.13 bits per heavy atom. The maximum atomic E-state index is 12.3. The molecule has 0 spiro atoms. The predicted molar refractivity (Wildman–Crippen MR) is 87.3 cm³/mol. The molecular weight excluding hydrogens is 292 g/mol. The van der Waals surface area contributed by atoms with Gasteiger partial charge in [0.15, 0.2) is 0 Å². The van der Waals surface area contributed by atoms with Crippen molar-refractivity contribution in [2.24, 2.45) is 0 Å². The van der Waals surface area contributed by atoms with Crippen LogP contribution in [0.4, 0.5) is 0 Å². The number of aliphatic hydroxyl groups excluding tert-OH is 1. The Kier molecular flexibility index (Phi) is 4.78. The monoisotopic (exact) mass is 316 g/mol. The summed E-state index contributed by atoms with van der Waals surface area (Å²) in [4.78, 5) is 28.3. The van der Waals surface area contributed by atoms with Gasteiger partial charge in [-0.25, -0.2) is 0 Å². The molecule has 0 aromatic heterocycles. The first kappa shape index (κ1) is 16.1. The van der Waals surface area contributed by atoms with Gasteiger partial charge in [0.25, 0.3) is 11.8 Å². The molecule has 5 heteroatoms. The summed E-state index contributed by atoms with van der Waals surface area (Å²) in [5.74, 6) is -0.368. The minimum Gasteiger partial charge on any atom is -0.392 e. The van der Waals surface area contributed by atoms with Crippen LogP contribution in [0.2, 0.25) is 0 Å². The van der Waals surface area contributed by atoms with Gasteiger partial charge in [-0.3, -0.25) is 19.4 Å². The number of piperidine rings is 1. The Morgan fingerprint density at radius 2 is 1.78 bits per heavy atom. The average Bonchev–Trinajstić information content (AvgIpc) is 2.80. The van der Waals surface area contributed by atoms with Crippen molar-refractivity contribution in [1.82, 2.24) is 9.80 Å². The zero-order valence-corrected chi connectivity index (χ0v) is 13.6. The molecule has 2 unspecified atom stereocenters. The molecule has 23 heavy (non-hydrogen) atoms. The van der Waals surface area contributed by atoms with E-state index in [0.29, 0.717) is 17.7 Å². The van der Waals surface area contributed by atoms with Gasteiger partial charge >= 0.3 is 0 Å². The second-order valence-corrected chi connectivity index (χ2v) is 6.50. The smallest absolute Gasteiger partial charge is 0.261 e. The highest BCUT2D eigenvalue weighted by atomic mass is 16.3. The van der Waals surface area contributed by atoms with Gasteiger partial charge in [-0.15, -0.1) is 0 Å².